The summed E-state index contributed by atoms with van der Waals surface area (Å²) in [5.74, 6) is 0. The molecule has 0 unspecified atom stereocenters. The summed E-state index contributed by atoms with van der Waals surface area (Å²) in [6, 6.07) is -0.603. The second-order valence-corrected chi connectivity index (χ2v) is 10.5. The zero-order valence-electron chi connectivity index (χ0n) is 21.6. The smallest absolute Gasteiger partial charge is 0.357 e. The van der Waals surface area contributed by atoms with Gasteiger partial charge >= 0.3 is 21.0 Å². The Balaban J connectivity index is 4.06. The number of amides is 4. The van der Waals surface area contributed by atoms with Crippen molar-refractivity contribution in [2.24, 2.45) is 5.73 Å². The number of nitrogens with one attached hydrogen (secondary N) is 2. The van der Waals surface area contributed by atoms with Crippen molar-refractivity contribution in [1.82, 2.24) is 15.2 Å². The number of carbonyl (C=O) groups excluding carboxylic acids is 2. The van der Waals surface area contributed by atoms with E-state index < -0.39 is 15.0 Å². The number of rotatable bonds is 22. The van der Waals surface area contributed by atoms with Crippen molar-refractivity contribution in [1.29, 1.82) is 0 Å². The molecule has 0 aromatic rings. The Labute approximate surface area is 202 Å². The minimum atomic E-state index is -3.22. The summed E-state index contributed by atoms with van der Waals surface area (Å²) >= 11 is 0. The van der Waals surface area contributed by atoms with E-state index in [0.717, 1.165) is 32.1 Å². The highest BCUT2D eigenvalue weighted by Gasteiger charge is 2.51. The van der Waals surface area contributed by atoms with E-state index >= 15 is 0 Å². The van der Waals surface area contributed by atoms with Crippen LogP contribution in [-0.4, -0.2) is 65.0 Å². The van der Waals surface area contributed by atoms with Crippen molar-refractivity contribution in [3.8, 4) is 0 Å². The molecule has 4 amide bonds. The minimum Gasteiger partial charge on any atom is -0.357 e. The van der Waals surface area contributed by atoms with Gasteiger partial charge in [-0.1, -0.05) is 58.3 Å². The second-order valence-electron chi connectivity index (χ2n) is 8.03. The van der Waals surface area contributed by atoms with Crippen LogP contribution in [0.2, 0.25) is 0 Å². The number of nitrogens with two attached hydrogens (primary N) is 1. The third-order valence-electron chi connectivity index (χ3n) is 5.18. The third-order valence-corrected chi connectivity index (χ3v) is 8.23. The van der Waals surface area contributed by atoms with E-state index in [1.54, 1.807) is 4.57 Å². The lowest BCUT2D eigenvalue weighted by atomic mass is 10.1. The lowest BCUT2D eigenvalue weighted by Crippen LogP contribution is -2.65. The molecule has 0 saturated heterocycles. The summed E-state index contributed by atoms with van der Waals surface area (Å²) in [4.78, 5) is 23.5. The SMILES string of the molecule is CCCN(C(=O)NCCCCCCCCCCCCNC(N)=O)[Si](OCC)(OCC)OCC. The highest BCUT2D eigenvalue weighted by molar-refractivity contribution is 6.60. The predicted molar refractivity (Wildman–Crippen MR) is 135 cm³/mol. The van der Waals surface area contributed by atoms with Gasteiger partial charge in [0.2, 0.25) is 0 Å². The fourth-order valence-electron chi connectivity index (χ4n) is 3.66. The number of urea groups is 2. The molecule has 10 heteroatoms. The number of primary amides is 1. The molecule has 0 atom stereocenters. The summed E-state index contributed by atoms with van der Waals surface area (Å²) in [6.45, 7) is 10.9. The van der Waals surface area contributed by atoms with Crippen LogP contribution in [-0.2, 0) is 13.3 Å². The second kappa shape index (κ2) is 21.2. The van der Waals surface area contributed by atoms with Crippen LogP contribution < -0.4 is 16.4 Å². The maximum Gasteiger partial charge on any atom is 0.637 e. The average Bonchev–Trinajstić information content (AvgIpc) is 2.77. The van der Waals surface area contributed by atoms with Gasteiger partial charge in [0.1, 0.15) is 0 Å². The van der Waals surface area contributed by atoms with Crippen molar-refractivity contribution in [3.05, 3.63) is 0 Å². The molecular formula is C23H50N4O5Si. The lowest BCUT2D eigenvalue weighted by molar-refractivity contribution is 0.0270. The molecule has 0 aromatic carbocycles. The molecule has 0 bridgehead atoms. The van der Waals surface area contributed by atoms with Crippen LogP contribution in [0.15, 0.2) is 0 Å². The first-order valence-electron chi connectivity index (χ1n) is 13.0. The van der Waals surface area contributed by atoms with Gasteiger partial charge in [-0.2, -0.15) is 0 Å². The Morgan fingerprint density at radius 3 is 1.45 bits per heavy atom. The zero-order chi connectivity index (χ0) is 24.8. The molecule has 0 fully saturated rings. The Bertz CT molecular complexity index is 482. The average molecular weight is 491 g/mol. The molecule has 4 N–H and O–H groups in total. The summed E-state index contributed by atoms with van der Waals surface area (Å²) < 4.78 is 19.4. The summed E-state index contributed by atoms with van der Waals surface area (Å²) in [5.41, 5.74) is 5.04. The van der Waals surface area contributed by atoms with Gasteiger partial charge in [0.25, 0.3) is 0 Å². The van der Waals surface area contributed by atoms with E-state index in [0.29, 0.717) is 39.5 Å². The quantitative estimate of drug-likeness (QED) is 0.152. The Hall–Kier alpha value is -1.36. The summed E-state index contributed by atoms with van der Waals surface area (Å²) in [6.07, 6.45) is 12.4. The number of hydrogen-bond acceptors (Lipinski definition) is 5. The molecule has 0 saturated carbocycles. The molecule has 0 aromatic heterocycles. The number of nitrogens with zero attached hydrogens (tertiary/aromatic N) is 1. The third kappa shape index (κ3) is 15.2. The van der Waals surface area contributed by atoms with Crippen LogP contribution in [0.5, 0.6) is 0 Å². The molecule has 0 aliphatic carbocycles. The fourth-order valence-corrected chi connectivity index (χ4v) is 6.30. The molecule has 0 aliphatic heterocycles. The standard InChI is InChI=1S/C23H50N4O5Si/c1-5-21-27(33(30-6-2,31-7-3)32-8-4)23(29)26-20-18-16-14-12-10-9-11-13-15-17-19-25-22(24)28/h5-21H2,1-4H3,(H,26,29)(H3,24,25,28). The monoisotopic (exact) mass is 490 g/mol. The van der Waals surface area contributed by atoms with Gasteiger partial charge in [0.15, 0.2) is 0 Å². The molecule has 0 radical (unpaired) electrons. The maximum absolute atomic E-state index is 12.9. The van der Waals surface area contributed by atoms with E-state index in [2.05, 4.69) is 10.6 Å². The zero-order valence-corrected chi connectivity index (χ0v) is 22.6. The molecule has 0 rings (SSSR count). The van der Waals surface area contributed by atoms with Crippen LogP contribution in [0.4, 0.5) is 9.59 Å². The minimum absolute atomic E-state index is 0.162. The molecule has 196 valence electrons. The van der Waals surface area contributed by atoms with Crippen molar-refractivity contribution in [3.63, 3.8) is 0 Å². The van der Waals surface area contributed by atoms with Crippen LogP contribution in [0, 0.1) is 0 Å². The highest BCUT2D eigenvalue weighted by Crippen LogP contribution is 2.17. The lowest BCUT2D eigenvalue weighted by Gasteiger charge is -2.37. The van der Waals surface area contributed by atoms with E-state index in [9.17, 15) is 9.59 Å². The van der Waals surface area contributed by atoms with Crippen LogP contribution >= 0.6 is 0 Å². The van der Waals surface area contributed by atoms with Gasteiger partial charge in [-0.3, -0.25) is 4.57 Å². The maximum atomic E-state index is 12.9. The van der Waals surface area contributed by atoms with Gasteiger partial charge < -0.3 is 29.6 Å². The highest BCUT2D eigenvalue weighted by atomic mass is 28.4. The predicted octanol–water partition coefficient (Wildman–Crippen LogP) is 4.52. The summed E-state index contributed by atoms with van der Waals surface area (Å²) in [5, 5.41) is 5.66. The van der Waals surface area contributed by atoms with Crippen molar-refractivity contribution in [2.75, 3.05) is 39.5 Å². The first-order chi connectivity index (χ1) is 16.0. The van der Waals surface area contributed by atoms with Crippen molar-refractivity contribution >= 4 is 21.0 Å². The van der Waals surface area contributed by atoms with Gasteiger partial charge in [0, 0.05) is 39.5 Å². The number of unbranched alkanes of at least 4 members (excludes halogenated alkanes) is 9. The summed E-state index contributed by atoms with van der Waals surface area (Å²) in [7, 11) is -3.22. The van der Waals surface area contributed by atoms with Crippen LogP contribution in [0.3, 0.4) is 0 Å². The number of hydrogen-bond donors (Lipinski definition) is 3. The van der Waals surface area contributed by atoms with E-state index in [4.69, 9.17) is 19.0 Å². The van der Waals surface area contributed by atoms with Crippen molar-refractivity contribution in [2.45, 2.75) is 98.3 Å². The Kier molecular flexibility index (Phi) is 20.3. The van der Waals surface area contributed by atoms with Crippen LogP contribution in [0.1, 0.15) is 98.3 Å². The molecular weight excluding hydrogens is 440 g/mol. The molecule has 0 heterocycles. The Morgan fingerprint density at radius 2 is 1.09 bits per heavy atom. The van der Waals surface area contributed by atoms with Gasteiger partial charge in [-0.15, -0.1) is 0 Å². The molecule has 0 spiro atoms. The van der Waals surface area contributed by atoms with Gasteiger partial charge in [-0.25, -0.2) is 9.59 Å². The topological polar surface area (TPSA) is 115 Å². The van der Waals surface area contributed by atoms with E-state index in [1.807, 2.05) is 27.7 Å². The first-order valence-corrected chi connectivity index (χ1v) is 14.6. The largest absolute Gasteiger partial charge is 0.637 e. The normalized spacial score (nSPS) is 11.4. The fraction of sp³-hybridized carbons (Fsp3) is 0.913. The Morgan fingerprint density at radius 1 is 0.697 bits per heavy atom. The molecule has 33 heavy (non-hydrogen) atoms. The van der Waals surface area contributed by atoms with E-state index in [-0.39, 0.29) is 6.03 Å². The van der Waals surface area contributed by atoms with Gasteiger partial charge in [-0.05, 0) is 40.0 Å². The van der Waals surface area contributed by atoms with Crippen molar-refractivity contribution < 1.29 is 22.9 Å². The number of carbonyl (C=O) groups is 2. The van der Waals surface area contributed by atoms with Gasteiger partial charge in [0.05, 0.1) is 0 Å². The van der Waals surface area contributed by atoms with Crippen LogP contribution in [0.25, 0.3) is 0 Å². The molecule has 9 nitrogen and oxygen atoms in total. The van der Waals surface area contributed by atoms with E-state index in [1.165, 1.54) is 38.5 Å². The molecule has 0 aliphatic rings. The first kappa shape index (κ1) is 31.6.